The first-order valence-electron chi connectivity index (χ1n) is 5.97. The van der Waals surface area contributed by atoms with Crippen LogP contribution in [0.15, 0.2) is 24.3 Å². The van der Waals surface area contributed by atoms with Gasteiger partial charge in [-0.2, -0.15) is 0 Å². The molecule has 7 heteroatoms. The summed E-state index contributed by atoms with van der Waals surface area (Å²) in [5.41, 5.74) is 0.574. The molecule has 1 aromatic rings. The number of nitrogens with zero attached hydrogens (tertiary/aromatic N) is 1. The third-order valence-corrected chi connectivity index (χ3v) is 4.44. The number of amides is 1. The monoisotopic (exact) mass is 286 g/mol. The van der Waals surface area contributed by atoms with Gasteiger partial charge in [0.25, 0.3) is 0 Å². The second-order valence-electron chi connectivity index (χ2n) is 4.40. The third-order valence-electron chi connectivity index (χ3n) is 2.99. The summed E-state index contributed by atoms with van der Waals surface area (Å²) in [6.45, 7) is 1.81. The number of nitrogens with one attached hydrogen (secondary N) is 1. The summed E-state index contributed by atoms with van der Waals surface area (Å²) in [6.07, 6.45) is 0.122. The predicted molar refractivity (Wildman–Crippen MR) is 69.8 cm³/mol. The summed E-state index contributed by atoms with van der Waals surface area (Å²) in [4.78, 5) is 13.3. The molecule has 1 fully saturated rings. The van der Waals surface area contributed by atoms with E-state index in [-0.39, 0.29) is 30.4 Å². The summed E-state index contributed by atoms with van der Waals surface area (Å²) in [7, 11) is -3.33. The van der Waals surface area contributed by atoms with Gasteiger partial charge in [-0.3, -0.25) is 4.79 Å². The fourth-order valence-electron chi connectivity index (χ4n) is 1.99. The average Bonchev–Trinajstić information content (AvgIpc) is 2.70. The Bertz CT molecular complexity index is 571. The van der Waals surface area contributed by atoms with Crippen molar-refractivity contribution in [3.63, 3.8) is 0 Å². The summed E-state index contributed by atoms with van der Waals surface area (Å²) < 4.78 is 38.2. The molecule has 1 aliphatic heterocycles. The molecule has 1 aliphatic rings. The molecule has 1 amide bonds. The van der Waals surface area contributed by atoms with Crippen LogP contribution in [-0.4, -0.2) is 32.7 Å². The van der Waals surface area contributed by atoms with Crippen LogP contribution >= 0.6 is 0 Å². The Morgan fingerprint density at radius 3 is 2.58 bits per heavy atom. The van der Waals surface area contributed by atoms with Gasteiger partial charge in [0.2, 0.25) is 15.9 Å². The van der Waals surface area contributed by atoms with Crippen molar-refractivity contribution in [2.75, 3.05) is 17.2 Å². The van der Waals surface area contributed by atoms with E-state index in [2.05, 4.69) is 4.72 Å². The lowest BCUT2D eigenvalue weighted by molar-refractivity contribution is -0.117. The van der Waals surface area contributed by atoms with Crippen LogP contribution in [-0.2, 0) is 14.8 Å². The Balaban J connectivity index is 2.10. The van der Waals surface area contributed by atoms with E-state index in [0.29, 0.717) is 5.69 Å². The van der Waals surface area contributed by atoms with E-state index in [4.69, 9.17) is 0 Å². The van der Waals surface area contributed by atoms with Crippen molar-refractivity contribution in [1.29, 1.82) is 0 Å². The molecule has 0 unspecified atom stereocenters. The third kappa shape index (κ3) is 3.30. The van der Waals surface area contributed by atoms with Crippen LogP contribution in [0.25, 0.3) is 0 Å². The maximum atomic E-state index is 12.8. The molecule has 0 aliphatic carbocycles. The lowest BCUT2D eigenvalue weighted by atomic mass is 10.3. The van der Waals surface area contributed by atoms with Gasteiger partial charge in [-0.1, -0.05) is 0 Å². The number of sulfonamides is 1. The molecule has 2 rings (SSSR count). The van der Waals surface area contributed by atoms with Gasteiger partial charge >= 0.3 is 0 Å². The van der Waals surface area contributed by atoms with E-state index in [1.54, 1.807) is 0 Å². The van der Waals surface area contributed by atoms with E-state index < -0.39 is 16.1 Å². The normalized spacial score (nSPS) is 20.0. The van der Waals surface area contributed by atoms with Gasteiger partial charge in [0.15, 0.2) is 0 Å². The lowest BCUT2D eigenvalue weighted by Gasteiger charge is -2.17. The van der Waals surface area contributed by atoms with Gasteiger partial charge in [0.1, 0.15) is 5.82 Å². The van der Waals surface area contributed by atoms with Crippen molar-refractivity contribution in [2.45, 2.75) is 19.4 Å². The van der Waals surface area contributed by atoms with Crippen LogP contribution in [0.4, 0.5) is 10.1 Å². The zero-order valence-electron chi connectivity index (χ0n) is 10.5. The molecule has 104 valence electrons. The molecule has 19 heavy (non-hydrogen) atoms. The summed E-state index contributed by atoms with van der Waals surface area (Å²) in [6, 6.07) is 5.12. The number of hydrogen-bond acceptors (Lipinski definition) is 3. The minimum Gasteiger partial charge on any atom is -0.311 e. The van der Waals surface area contributed by atoms with E-state index in [0.717, 1.165) is 0 Å². The van der Waals surface area contributed by atoms with Crippen molar-refractivity contribution in [3.8, 4) is 0 Å². The number of carbonyl (C=O) groups is 1. The van der Waals surface area contributed by atoms with Gasteiger partial charge in [0.05, 0.1) is 5.75 Å². The summed E-state index contributed by atoms with van der Waals surface area (Å²) in [5, 5.41) is 0. The first-order chi connectivity index (χ1) is 8.91. The quantitative estimate of drug-likeness (QED) is 0.893. The Morgan fingerprint density at radius 1 is 1.37 bits per heavy atom. The van der Waals surface area contributed by atoms with Crippen molar-refractivity contribution >= 4 is 21.6 Å². The molecule has 1 atom stereocenters. The van der Waals surface area contributed by atoms with E-state index in [9.17, 15) is 17.6 Å². The number of anilines is 1. The first-order valence-corrected chi connectivity index (χ1v) is 7.62. The number of rotatable bonds is 4. The molecule has 0 bridgehead atoms. The van der Waals surface area contributed by atoms with Crippen LogP contribution in [0.1, 0.15) is 13.3 Å². The topological polar surface area (TPSA) is 66.5 Å². The molecule has 0 radical (unpaired) electrons. The lowest BCUT2D eigenvalue weighted by Crippen LogP contribution is -2.37. The Hall–Kier alpha value is -1.47. The molecule has 0 aromatic heterocycles. The molecule has 1 aromatic carbocycles. The van der Waals surface area contributed by atoms with Gasteiger partial charge in [0, 0.05) is 24.7 Å². The minimum absolute atomic E-state index is 0.0196. The highest BCUT2D eigenvalue weighted by Gasteiger charge is 2.32. The largest absolute Gasteiger partial charge is 0.311 e. The summed E-state index contributed by atoms with van der Waals surface area (Å²) in [5.74, 6) is -0.567. The predicted octanol–water partition coefficient (Wildman–Crippen LogP) is 0.870. The van der Waals surface area contributed by atoms with Crippen LogP contribution in [0.3, 0.4) is 0 Å². The van der Waals surface area contributed by atoms with Gasteiger partial charge in [-0.25, -0.2) is 17.5 Å². The maximum absolute atomic E-state index is 12.8. The van der Waals surface area contributed by atoms with Crippen LogP contribution in [0, 0.1) is 5.82 Å². The summed E-state index contributed by atoms with van der Waals surface area (Å²) >= 11 is 0. The van der Waals surface area contributed by atoms with E-state index in [1.165, 1.54) is 36.1 Å². The van der Waals surface area contributed by atoms with Crippen molar-refractivity contribution < 1.29 is 17.6 Å². The van der Waals surface area contributed by atoms with Gasteiger partial charge in [-0.05, 0) is 31.2 Å². The molecule has 1 heterocycles. The second kappa shape index (κ2) is 5.26. The van der Waals surface area contributed by atoms with E-state index in [1.807, 2.05) is 0 Å². The molecular weight excluding hydrogens is 271 g/mol. The average molecular weight is 286 g/mol. The van der Waals surface area contributed by atoms with Gasteiger partial charge < -0.3 is 4.90 Å². The smallest absolute Gasteiger partial charge is 0.228 e. The number of benzene rings is 1. The molecule has 0 saturated carbocycles. The SMILES string of the molecule is CCS(=O)(=O)N[C@H]1CC(=O)N(c2ccc(F)cc2)C1. The van der Waals surface area contributed by atoms with E-state index >= 15 is 0 Å². The molecular formula is C12H15FN2O3S. The van der Waals surface area contributed by atoms with Crippen molar-refractivity contribution in [3.05, 3.63) is 30.1 Å². The molecule has 1 N–H and O–H groups in total. The number of carbonyl (C=O) groups excluding carboxylic acids is 1. The highest BCUT2D eigenvalue weighted by molar-refractivity contribution is 7.89. The zero-order chi connectivity index (χ0) is 14.0. The van der Waals surface area contributed by atoms with Crippen LogP contribution < -0.4 is 9.62 Å². The van der Waals surface area contributed by atoms with Crippen LogP contribution in [0.5, 0.6) is 0 Å². The van der Waals surface area contributed by atoms with Gasteiger partial charge in [-0.15, -0.1) is 0 Å². The fraction of sp³-hybridized carbons (Fsp3) is 0.417. The Kier molecular flexibility index (Phi) is 3.86. The molecule has 1 saturated heterocycles. The van der Waals surface area contributed by atoms with Crippen molar-refractivity contribution in [2.24, 2.45) is 0 Å². The minimum atomic E-state index is -3.33. The number of hydrogen-bond donors (Lipinski definition) is 1. The standard InChI is InChI=1S/C12H15FN2O3S/c1-2-19(17,18)14-10-7-12(16)15(8-10)11-5-3-9(13)4-6-11/h3-6,10,14H,2,7-8H2,1H3/t10-/m0/s1. The van der Waals surface area contributed by atoms with Crippen LogP contribution in [0.2, 0.25) is 0 Å². The second-order valence-corrected chi connectivity index (χ2v) is 6.45. The zero-order valence-corrected chi connectivity index (χ0v) is 11.3. The van der Waals surface area contributed by atoms with Crippen molar-refractivity contribution in [1.82, 2.24) is 4.72 Å². The highest BCUT2D eigenvalue weighted by Crippen LogP contribution is 2.22. The number of halogens is 1. The molecule has 5 nitrogen and oxygen atoms in total. The maximum Gasteiger partial charge on any atom is 0.228 e. The molecule has 0 spiro atoms. The Morgan fingerprint density at radius 2 is 2.00 bits per heavy atom. The Labute approximate surface area is 111 Å². The highest BCUT2D eigenvalue weighted by atomic mass is 32.2. The first kappa shape index (κ1) is 14.0. The fourth-order valence-corrected chi connectivity index (χ4v) is 2.83.